The van der Waals surface area contributed by atoms with Crippen LogP contribution in [0.25, 0.3) is 0 Å². The smallest absolute Gasteiger partial charge is 0.287 e. The molecule has 1 atom stereocenters. The molecular formula is C12H18BrNO4. The second-order valence-electron chi connectivity index (χ2n) is 4.40. The maximum absolute atomic E-state index is 11.6. The van der Waals surface area contributed by atoms with E-state index < -0.39 is 6.10 Å². The summed E-state index contributed by atoms with van der Waals surface area (Å²) in [6.45, 7) is 5.00. The molecule has 1 aromatic rings. The number of carbonyl (C=O) groups is 1. The molecule has 0 aliphatic rings. The number of rotatable bonds is 7. The van der Waals surface area contributed by atoms with Crippen LogP contribution in [0.4, 0.5) is 0 Å². The highest BCUT2D eigenvalue weighted by atomic mass is 79.9. The lowest BCUT2D eigenvalue weighted by molar-refractivity contribution is 0.0257. The minimum atomic E-state index is -0.717. The molecule has 0 saturated heterocycles. The number of aliphatic hydroxyl groups is 1. The first kappa shape index (κ1) is 15.2. The molecule has 2 N–H and O–H groups in total. The summed E-state index contributed by atoms with van der Waals surface area (Å²) in [4.78, 5) is 11.6. The van der Waals surface area contributed by atoms with Crippen molar-refractivity contribution in [1.82, 2.24) is 5.32 Å². The molecule has 0 spiro atoms. The highest BCUT2D eigenvalue weighted by Gasteiger charge is 2.12. The van der Waals surface area contributed by atoms with Gasteiger partial charge in [0.1, 0.15) is 0 Å². The summed E-state index contributed by atoms with van der Waals surface area (Å²) in [6.07, 6.45) is -0.717. The average molecular weight is 320 g/mol. The number of hydrogen-bond acceptors (Lipinski definition) is 4. The fourth-order valence-electron chi connectivity index (χ4n) is 1.23. The van der Waals surface area contributed by atoms with Gasteiger partial charge < -0.3 is 19.6 Å². The van der Waals surface area contributed by atoms with E-state index in [-0.39, 0.29) is 24.8 Å². The van der Waals surface area contributed by atoms with Gasteiger partial charge in [-0.2, -0.15) is 0 Å². The van der Waals surface area contributed by atoms with Crippen molar-refractivity contribution < 1.29 is 19.1 Å². The van der Waals surface area contributed by atoms with E-state index in [9.17, 15) is 9.90 Å². The van der Waals surface area contributed by atoms with Crippen LogP contribution in [0.1, 0.15) is 24.4 Å². The Morgan fingerprint density at radius 1 is 1.50 bits per heavy atom. The number of nitrogens with one attached hydrogen (secondary N) is 1. The molecule has 5 nitrogen and oxygen atoms in total. The summed E-state index contributed by atoms with van der Waals surface area (Å²) in [5.74, 6) is 0.271. The van der Waals surface area contributed by atoms with Crippen molar-refractivity contribution in [1.29, 1.82) is 0 Å². The van der Waals surface area contributed by atoms with Crippen molar-refractivity contribution in [3.8, 4) is 0 Å². The van der Waals surface area contributed by atoms with Gasteiger partial charge in [-0.25, -0.2) is 0 Å². The number of aliphatic hydroxyl groups excluding tert-OH is 1. The molecule has 1 amide bonds. The maximum Gasteiger partial charge on any atom is 0.287 e. The van der Waals surface area contributed by atoms with Crippen LogP contribution in [0.15, 0.2) is 21.2 Å². The predicted molar refractivity (Wildman–Crippen MR) is 70.4 cm³/mol. The predicted octanol–water partition coefficient (Wildman–Crippen LogP) is 1.81. The van der Waals surface area contributed by atoms with Crippen molar-refractivity contribution in [2.45, 2.75) is 20.0 Å². The third kappa shape index (κ3) is 5.66. The van der Waals surface area contributed by atoms with Crippen LogP contribution < -0.4 is 5.32 Å². The molecule has 1 rings (SSSR count). The summed E-state index contributed by atoms with van der Waals surface area (Å²) < 4.78 is 10.8. The molecule has 0 radical (unpaired) electrons. The van der Waals surface area contributed by atoms with Gasteiger partial charge >= 0.3 is 0 Å². The zero-order valence-electron chi connectivity index (χ0n) is 10.5. The second kappa shape index (κ2) is 7.56. The molecule has 0 bridgehead atoms. The Labute approximate surface area is 115 Å². The van der Waals surface area contributed by atoms with Crippen molar-refractivity contribution in [2.24, 2.45) is 5.92 Å². The molecule has 1 heterocycles. The average Bonchev–Trinajstić information content (AvgIpc) is 2.72. The lowest BCUT2D eigenvalue weighted by atomic mass is 10.2. The first-order chi connectivity index (χ1) is 8.49. The number of halogens is 1. The highest BCUT2D eigenvalue weighted by Crippen LogP contribution is 2.13. The molecule has 18 heavy (non-hydrogen) atoms. The zero-order chi connectivity index (χ0) is 13.5. The van der Waals surface area contributed by atoms with Gasteiger partial charge in [-0.05, 0) is 34.0 Å². The zero-order valence-corrected chi connectivity index (χ0v) is 12.1. The Balaban J connectivity index is 2.22. The van der Waals surface area contributed by atoms with Gasteiger partial charge in [-0.3, -0.25) is 4.79 Å². The lowest BCUT2D eigenvalue weighted by Gasteiger charge is -2.12. The van der Waals surface area contributed by atoms with Crippen LogP contribution in [-0.4, -0.2) is 36.9 Å². The molecule has 1 aromatic heterocycles. The molecule has 1 unspecified atom stereocenters. The van der Waals surface area contributed by atoms with Gasteiger partial charge in [0.05, 0.1) is 12.7 Å². The van der Waals surface area contributed by atoms with Crippen molar-refractivity contribution in [3.63, 3.8) is 0 Å². The van der Waals surface area contributed by atoms with Gasteiger partial charge in [-0.1, -0.05) is 13.8 Å². The van der Waals surface area contributed by atoms with Gasteiger partial charge in [0.25, 0.3) is 5.91 Å². The van der Waals surface area contributed by atoms with E-state index in [1.165, 1.54) is 0 Å². The van der Waals surface area contributed by atoms with Gasteiger partial charge in [-0.15, -0.1) is 0 Å². The number of amides is 1. The highest BCUT2D eigenvalue weighted by molar-refractivity contribution is 9.10. The van der Waals surface area contributed by atoms with E-state index in [0.717, 1.165) is 0 Å². The van der Waals surface area contributed by atoms with Crippen LogP contribution >= 0.6 is 15.9 Å². The summed E-state index contributed by atoms with van der Waals surface area (Å²) in [5.41, 5.74) is 0. The van der Waals surface area contributed by atoms with Crippen LogP contribution in [0.5, 0.6) is 0 Å². The van der Waals surface area contributed by atoms with E-state index in [2.05, 4.69) is 21.2 Å². The van der Waals surface area contributed by atoms with Crippen molar-refractivity contribution in [3.05, 3.63) is 22.6 Å². The Morgan fingerprint density at radius 2 is 2.22 bits per heavy atom. The minimum Gasteiger partial charge on any atom is -0.444 e. The lowest BCUT2D eigenvalue weighted by Crippen LogP contribution is -2.34. The first-order valence-corrected chi connectivity index (χ1v) is 6.57. The molecule has 0 saturated carbocycles. The number of hydrogen-bond donors (Lipinski definition) is 2. The normalized spacial score (nSPS) is 12.7. The molecular weight excluding hydrogens is 302 g/mol. The SMILES string of the molecule is CC(C)COCC(O)CNC(=O)c1ccc(Br)o1. The molecule has 0 aliphatic heterocycles. The Hall–Kier alpha value is -0.850. The standard InChI is InChI=1S/C12H18BrNO4/c1-8(2)6-17-7-9(15)5-14-12(16)10-3-4-11(13)18-10/h3-4,8-9,15H,5-7H2,1-2H3,(H,14,16). The summed E-state index contributed by atoms with van der Waals surface area (Å²) in [7, 11) is 0. The largest absolute Gasteiger partial charge is 0.444 e. The topological polar surface area (TPSA) is 71.7 Å². The van der Waals surface area contributed by atoms with Crippen LogP contribution in [0, 0.1) is 5.92 Å². The van der Waals surface area contributed by atoms with E-state index in [0.29, 0.717) is 17.2 Å². The summed E-state index contributed by atoms with van der Waals surface area (Å²) >= 11 is 3.11. The molecule has 0 aromatic carbocycles. The minimum absolute atomic E-state index is 0.134. The fraction of sp³-hybridized carbons (Fsp3) is 0.583. The third-order valence-electron chi connectivity index (χ3n) is 2.06. The fourth-order valence-corrected chi connectivity index (χ4v) is 1.54. The van der Waals surface area contributed by atoms with Gasteiger partial charge in [0, 0.05) is 13.2 Å². The van der Waals surface area contributed by atoms with Crippen molar-refractivity contribution in [2.75, 3.05) is 19.8 Å². The van der Waals surface area contributed by atoms with E-state index in [4.69, 9.17) is 9.15 Å². The number of furan rings is 1. The summed E-state index contributed by atoms with van der Waals surface area (Å²) in [6, 6.07) is 3.19. The molecule has 102 valence electrons. The number of carbonyl (C=O) groups excluding carboxylic acids is 1. The quantitative estimate of drug-likeness (QED) is 0.804. The molecule has 0 aliphatic carbocycles. The van der Waals surface area contributed by atoms with E-state index in [1.54, 1.807) is 12.1 Å². The van der Waals surface area contributed by atoms with Crippen LogP contribution in [-0.2, 0) is 4.74 Å². The first-order valence-electron chi connectivity index (χ1n) is 5.78. The molecule has 6 heteroatoms. The van der Waals surface area contributed by atoms with Crippen LogP contribution in [0.2, 0.25) is 0 Å². The molecule has 0 fully saturated rings. The van der Waals surface area contributed by atoms with E-state index in [1.807, 2.05) is 13.8 Å². The van der Waals surface area contributed by atoms with Crippen LogP contribution in [0.3, 0.4) is 0 Å². The van der Waals surface area contributed by atoms with E-state index >= 15 is 0 Å². The van der Waals surface area contributed by atoms with Crippen molar-refractivity contribution >= 4 is 21.8 Å². The number of ether oxygens (including phenoxy) is 1. The van der Waals surface area contributed by atoms with Gasteiger partial charge in [0.2, 0.25) is 0 Å². The monoisotopic (exact) mass is 319 g/mol. The summed E-state index contributed by atoms with van der Waals surface area (Å²) in [5, 5.41) is 12.2. The Bertz CT molecular complexity index is 378. The Morgan fingerprint density at radius 3 is 2.78 bits per heavy atom. The second-order valence-corrected chi connectivity index (χ2v) is 5.18. The Kier molecular flexibility index (Phi) is 6.38. The maximum atomic E-state index is 11.6. The van der Waals surface area contributed by atoms with Gasteiger partial charge in [0.15, 0.2) is 10.4 Å². The third-order valence-corrected chi connectivity index (χ3v) is 2.48.